The first-order valence-corrected chi connectivity index (χ1v) is 26.8. The second-order valence-electron chi connectivity index (χ2n) is 22.8. The molecule has 3 fully saturated rings. The van der Waals surface area contributed by atoms with Crippen molar-refractivity contribution in [2.24, 2.45) is 17.8 Å². The van der Waals surface area contributed by atoms with Gasteiger partial charge in [-0.25, -0.2) is 9.07 Å². The lowest BCUT2D eigenvalue weighted by Crippen LogP contribution is -2.60. The zero-order valence-electron chi connectivity index (χ0n) is 46.8. The fourth-order valence-corrected chi connectivity index (χ4v) is 11.0. The van der Waals surface area contributed by atoms with Gasteiger partial charge in [0.25, 0.3) is 5.69 Å². The third-order valence-corrected chi connectivity index (χ3v) is 16.3. The SMILES string of the molecule is CC[C@H]1OC(=O)[C@H](C)[C@@H](O[C@H]2C[C@@](C)(OC)[C@@H](O)[C@H](C)O2)[C@H](C)[C@@H](O[C@@H]2O[C@H](C)C[C@H](N(C)CCc3cn([C@H](CF)C(O)COc4ccc([N+](=O)[O-])cc4)nn3)[C@H]2O)[C@](C)(O)CC[C@@H](C)CN(C)[C@H](C)[C@@H](O)C[C@]1(C)O. The quantitative estimate of drug-likeness (QED) is 0.0747. The minimum absolute atomic E-state index is 0.000388. The lowest BCUT2D eigenvalue weighted by Gasteiger charge is -2.48. The normalized spacial score (nSPS) is 38.8. The van der Waals surface area contributed by atoms with Crippen LogP contribution in [0.5, 0.6) is 5.75 Å². The molecular weight excluding hydrogens is 996 g/mol. The number of nitro groups is 1. The maximum Gasteiger partial charge on any atom is 0.311 e. The molecule has 434 valence electrons. The lowest BCUT2D eigenvalue weighted by atomic mass is 9.78. The van der Waals surface area contributed by atoms with Gasteiger partial charge in [0.2, 0.25) is 0 Å². The predicted molar refractivity (Wildman–Crippen MR) is 276 cm³/mol. The third kappa shape index (κ3) is 15.8. The Morgan fingerprint density at radius 3 is 2.30 bits per heavy atom. The van der Waals surface area contributed by atoms with E-state index in [-0.39, 0.29) is 55.7 Å². The molecule has 3 saturated heterocycles. The van der Waals surface area contributed by atoms with Crippen molar-refractivity contribution < 1.29 is 77.9 Å². The molecule has 1 aromatic carbocycles. The highest BCUT2D eigenvalue weighted by molar-refractivity contribution is 5.73. The Kier molecular flexibility index (Phi) is 22.5. The zero-order valence-corrected chi connectivity index (χ0v) is 46.8. The van der Waals surface area contributed by atoms with Crippen LogP contribution >= 0.6 is 0 Å². The largest absolute Gasteiger partial charge is 0.491 e. The number of aromatic nitrogens is 3. The molecule has 76 heavy (non-hydrogen) atoms. The van der Waals surface area contributed by atoms with Crippen LogP contribution < -0.4 is 4.74 Å². The van der Waals surface area contributed by atoms with E-state index in [1.807, 2.05) is 44.7 Å². The van der Waals surface area contributed by atoms with E-state index in [9.17, 15) is 49.9 Å². The van der Waals surface area contributed by atoms with Crippen molar-refractivity contribution in [3.05, 3.63) is 46.3 Å². The number of nitrogens with zero attached hydrogens (tertiary/aromatic N) is 6. The van der Waals surface area contributed by atoms with E-state index in [0.717, 1.165) is 0 Å². The highest BCUT2D eigenvalue weighted by Gasteiger charge is 2.52. The van der Waals surface area contributed by atoms with Crippen LogP contribution in [-0.2, 0) is 39.6 Å². The van der Waals surface area contributed by atoms with Gasteiger partial charge in [-0.15, -0.1) is 5.10 Å². The fourth-order valence-electron chi connectivity index (χ4n) is 11.0. The molecular formula is C53H89FN6O16. The van der Waals surface area contributed by atoms with Crippen molar-refractivity contribution in [2.45, 2.75) is 217 Å². The van der Waals surface area contributed by atoms with Crippen molar-refractivity contribution in [3.63, 3.8) is 0 Å². The molecule has 0 bridgehead atoms. The Bertz CT molecular complexity index is 2130. The number of likely N-dealkylation sites (N-methyl/N-ethyl adjacent to an activating group) is 2. The molecule has 1 aromatic heterocycles. The number of ether oxygens (including phenoxy) is 7. The molecule has 0 spiro atoms. The van der Waals surface area contributed by atoms with Crippen molar-refractivity contribution in [1.29, 1.82) is 0 Å². The number of nitro benzene ring substituents is 1. The number of halogens is 1. The number of rotatable bonds is 17. The molecule has 3 aliphatic rings. The van der Waals surface area contributed by atoms with Crippen LogP contribution in [-0.4, -0.2) is 210 Å². The zero-order chi connectivity index (χ0) is 56.6. The van der Waals surface area contributed by atoms with Crippen molar-refractivity contribution >= 4 is 11.7 Å². The van der Waals surface area contributed by atoms with Crippen LogP contribution in [0.15, 0.2) is 30.5 Å². The highest BCUT2D eigenvalue weighted by Crippen LogP contribution is 2.40. The smallest absolute Gasteiger partial charge is 0.311 e. The first kappa shape index (κ1) is 63.3. The van der Waals surface area contributed by atoms with Gasteiger partial charge in [-0.05, 0) is 106 Å². The predicted octanol–water partition coefficient (Wildman–Crippen LogP) is 3.74. The molecule has 0 amide bonds. The monoisotopic (exact) mass is 1080 g/mol. The molecule has 23 heteroatoms. The number of aliphatic hydroxyl groups excluding tert-OH is 4. The van der Waals surface area contributed by atoms with Gasteiger partial charge in [0.05, 0.1) is 58.3 Å². The summed E-state index contributed by atoms with van der Waals surface area (Å²) in [7, 11) is 5.21. The van der Waals surface area contributed by atoms with Crippen molar-refractivity contribution in [3.8, 4) is 5.75 Å². The second-order valence-corrected chi connectivity index (χ2v) is 22.8. The molecule has 0 saturated carbocycles. The summed E-state index contributed by atoms with van der Waals surface area (Å²) in [6.07, 6.45) is -8.24. The minimum Gasteiger partial charge on any atom is -0.491 e. The van der Waals surface area contributed by atoms with E-state index in [4.69, 9.17) is 33.2 Å². The maximum atomic E-state index is 14.6. The van der Waals surface area contributed by atoms with Gasteiger partial charge in [0.1, 0.15) is 55.1 Å². The standard InChI is InChI=1S/C53H89FN6O16/c1-14-43-52(9,67)24-41(61)34(6)58(12)27-30(2)19-21-51(8,66)48(32(4)46(33(5)49(65)74-43)75-44-25-53(10,70-13)47(64)35(7)73-44)76-50-45(63)39(23-31(3)72-50)57(11)22-20-36-28-59(56-55-36)40(26-54)42(62)29-71-38-17-15-37(16-18-38)60(68)69/h15-18,28,30-35,39-48,50,61-64,66-67H,14,19-27,29H2,1-13H3/t30-,31-,32+,33-,34-,35+,39+,40-,41+,42?,43-,44+,45-,46+,47+,48-,50+,51-,52+,53-/m1/s1. The van der Waals surface area contributed by atoms with E-state index in [2.05, 4.69) is 10.3 Å². The summed E-state index contributed by atoms with van der Waals surface area (Å²) in [6, 6.07) is 3.22. The maximum absolute atomic E-state index is 14.6. The van der Waals surface area contributed by atoms with E-state index < -0.39 is 126 Å². The number of methoxy groups -OCH3 is 1. The van der Waals surface area contributed by atoms with Crippen LogP contribution in [0.2, 0.25) is 0 Å². The average molecular weight is 1090 g/mol. The number of hydrogen-bond acceptors (Lipinski definition) is 20. The molecule has 3 aliphatic heterocycles. The minimum atomic E-state index is -1.65. The van der Waals surface area contributed by atoms with Gasteiger partial charge in [-0.2, -0.15) is 0 Å². The van der Waals surface area contributed by atoms with Crippen molar-refractivity contribution in [1.82, 2.24) is 24.8 Å². The first-order chi connectivity index (χ1) is 35.6. The summed E-state index contributed by atoms with van der Waals surface area (Å²) in [5, 5.41) is 89.7. The Hall–Kier alpha value is -3.56. The van der Waals surface area contributed by atoms with E-state index in [0.29, 0.717) is 38.0 Å². The van der Waals surface area contributed by atoms with Crippen LogP contribution in [0.4, 0.5) is 10.1 Å². The molecule has 22 nitrogen and oxygen atoms in total. The van der Waals surface area contributed by atoms with Crippen molar-refractivity contribution in [2.75, 3.05) is 47.6 Å². The van der Waals surface area contributed by atoms with Crippen LogP contribution in [0.3, 0.4) is 0 Å². The van der Waals surface area contributed by atoms with Gasteiger partial charge >= 0.3 is 5.97 Å². The Balaban J connectivity index is 1.41. The number of alkyl halides is 1. The first-order valence-electron chi connectivity index (χ1n) is 26.8. The Labute approximate surface area is 447 Å². The Morgan fingerprint density at radius 2 is 1.68 bits per heavy atom. The fraction of sp³-hybridized carbons (Fsp3) is 0.830. The van der Waals surface area contributed by atoms with Crippen LogP contribution in [0.25, 0.3) is 0 Å². The summed E-state index contributed by atoms with van der Waals surface area (Å²) in [5.74, 6) is -2.40. The average Bonchev–Trinajstić information content (AvgIpc) is 3.84. The van der Waals surface area contributed by atoms with Gasteiger partial charge in [-0.3, -0.25) is 14.9 Å². The molecule has 4 heterocycles. The second kappa shape index (κ2) is 27.1. The van der Waals surface area contributed by atoms with Gasteiger partial charge in [0, 0.05) is 75.8 Å². The van der Waals surface area contributed by atoms with Gasteiger partial charge in [0.15, 0.2) is 12.6 Å². The lowest BCUT2D eigenvalue weighted by molar-refractivity contribution is -0.384. The number of aliphatic hydroxyl groups is 6. The summed E-state index contributed by atoms with van der Waals surface area (Å²) >= 11 is 0. The number of cyclic esters (lactones) is 1. The van der Waals surface area contributed by atoms with Crippen LogP contribution in [0, 0.1) is 27.9 Å². The number of hydrogen-bond donors (Lipinski definition) is 6. The number of carbonyl (C=O) groups excluding carboxylic acids is 1. The highest BCUT2D eigenvalue weighted by atomic mass is 19.1. The third-order valence-electron chi connectivity index (χ3n) is 16.3. The van der Waals surface area contributed by atoms with E-state index >= 15 is 0 Å². The number of carbonyl (C=O) groups is 1. The molecule has 0 aliphatic carbocycles. The van der Waals surface area contributed by atoms with Gasteiger partial charge in [-0.1, -0.05) is 26.0 Å². The molecule has 0 radical (unpaired) electrons. The molecule has 6 N–H and O–H groups in total. The summed E-state index contributed by atoms with van der Waals surface area (Å²) in [6.45, 7) is 17.2. The summed E-state index contributed by atoms with van der Waals surface area (Å²) < 4.78 is 59.5. The molecule has 2 aromatic rings. The molecule has 20 atom stereocenters. The van der Waals surface area contributed by atoms with E-state index in [1.54, 1.807) is 48.5 Å². The molecule has 1 unspecified atom stereocenters. The summed E-state index contributed by atoms with van der Waals surface area (Å²) in [4.78, 5) is 29.0. The molecule has 5 rings (SSSR count). The topological polar surface area (TPSA) is 283 Å². The number of non-ortho nitro benzene ring substituents is 1. The Morgan fingerprint density at radius 1 is 1.01 bits per heavy atom. The number of esters is 1. The van der Waals surface area contributed by atoms with E-state index in [1.165, 1.54) is 42.3 Å². The van der Waals surface area contributed by atoms with Crippen LogP contribution in [0.1, 0.15) is 119 Å². The van der Waals surface area contributed by atoms with Gasteiger partial charge < -0.3 is 73.6 Å². The summed E-state index contributed by atoms with van der Waals surface area (Å²) in [5.41, 5.74) is -4.01. The number of benzene rings is 1.